The van der Waals surface area contributed by atoms with Gasteiger partial charge in [0.15, 0.2) is 0 Å². The predicted octanol–water partition coefficient (Wildman–Crippen LogP) is 6.76. The summed E-state index contributed by atoms with van der Waals surface area (Å²) in [5.74, 6) is 0. The highest BCUT2D eigenvalue weighted by atomic mass is 15.0. The average Bonchev–Trinajstić information content (AvgIpc) is 3.03. The lowest BCUT2D eigenvalue weighted by atomic mass is 10.0. The van der Waals surface area contributed by atoms with E-state index in [1.54, 1.807) is 0 Å². The molecule has 0 saturated carbocycles. The molecule has 1 aromatic heterocycles. The van der Waals surface area contributed by atoms with E-state index in [4.69, 9.17) is 0 Å². The minimum Gasteiger partial charge on any atom is -0.309 e. The minimum absolute atomic E-state index is 1.19. The Kier molecular flexibility index (Phi) is 3.39. The van der Waals surface area contributed by atoms with Gasteiger partial charge in [-0.2, -0.15) is 0 Å². The highest BCUT2D eigenvalue weighted by molar-refractivity contribution is 6.09. The molecule has 0 radical (unpaired) electrons. The highest BCUT2D eigenvalue weighted by Gasteiger charge is 2.11. The molecule has 0 fully saturated rings. The van der Waals surface area contributed by atoms with E-state index in [1.165, 1.54) is 44.2 Å². The van der Waals surface area contributed by atoms with Crippen molar-refractivity contribution in [3.05, 3.63) is 103 Å². The number of nitrogens with zero attached hydrogens (tertiary/aromatic N) is 1. The quantitative estimate of drug-likeness (QED) is 0.336. The van der Waals surface area contributed by atoms with Crippen LogP contribution in [0.3, 0.4) is 0 Å². The van der Waals surface area contributed by atoms with Crippen molar-refractivity contribution >= 4 is 21.8 Å². The summed E-state index contributed by atoms with van der Waals surface area (Å²) >= 11 is 0. The van der Waals surface area contributed by atoms with Gasteiger partial charge in [-0.05, 0) is 47.9 Å². The smallest absolute Gasteiger partial charge is 0.0541 e. The molecule has 0 spiro atoms. The van der Waals surface area contributed by atoms with Crippen LogP contribution < -0.4 is 0 Å². The largest absolute Gasteiger partial charge is 0.309 e. The van der Waals surface area contributed by atoms with Crippen molar-refractivity contribution in [1.82, 2.24) is 4.57 Å². The Bertz CT molecular complexity index is 1170. The molecule has 0 N–H and O–H groups in total. The Hall–Kier alpha value is -3.32. The number of para-hydroxylation sites is 2. The Morgan fingerprint density at radius 3 is 1.69 bits per heavy atom. The van der Waals surface area contributed by atoms with Crippen molar-refractivity contribution in [2.45, 2.75) is 6.92 Å². The Morgan fingerprint density at radius 2 is 1.08 bits per heavy atom. The van der Waals surface area contributed by atoms with E-state index in [9.17, 15) is 0 Å². The van der Waals surface area contributed by atoms with Gasteiger partial charge >= 0.3 is 0 Å². The molecule has 0 amide bonds. The van der Waals surface area contributed by atoms with Crippen molar-refractivity contribution in [2.24, 2.45) is 0 Å². The fraction of sp³-hybridized carbons (Fsp3) is 0.0400. The summed E-state index contributed by atoms with van der Waals surface area (Å²) < 4.78 is 2.35. The second-order valence-electron chi connectivity index (χ2n) is 6.73. The van der Waals surface area contributed by atoms with Crippen LogP contribution in [-0.4, -0.2) is 4.57 Å². The molecule has 26 heavy (non-hydrogen) atoms. The summed E-state index contributed by atoms with van der Waals surface area (Å²) in [5, 5.41) is 2.59. The summed E-state index contributed by atoms with van der Waals surface area (Å²) in [6, 6.07) is 34.7. The predicted molar refractivity (Wildman–Crippen MR) is 111 cm³/mol. The fourth-order valence-electron chi connectivity index (χ4n) is 3.89. The molecule has 1 heterocycles. The highest BCUT2D eigenvalue weighted by Crippen LogP contribution is 2.32. The number of hydrogen-bond donors (Lipinski definition) is 0. The first-order valence-corrected chi connectivity index (χ1v) is 8.97. The average molecular weight is 333 g/mol. The maximum absolute atomic E-state index is 2.35. The second-order valence-corrected chi connectivity index (χ2v) is 6.73. The Balaban J connectivity index is 1.72. The maximum atomic E-state index is 2.35. The first kappa shape index (κ1) is 15.0. The number of fused-ring (bicyclic) bond motifs is 3. The Morgan fingerprint density at radius 1 is 0.538 bits per heavy atom. The molecule has 0 atom stereocenters. The van der Waals surface area contributed by atoms with Crippen LogP contribution in [0.25, 0.3) is 38.6 Å². The molecule has 5 aromatic rings. The van der Waals surface area contributed by atoms with E-state index < -0.39 is 0 Å². The van der Waals surface area contributed by atoms with Gasteiger partial charge in [-0.1, -0.05) is 72.8 Å². The summed E-state index contributed by atoms with van der Waals surface area (Å²) in [6.07, 6.45) is 0. The first-order valence-electron chi connectivity index (χ1n) is 8.97. The molecule has 4 aromatic carbocycles. The lowest BCUT2D eigenvalue weighted by Gasteiger charge is -2.10. The third-order valence-electron chi connectivity index (χ3n) is 5.16. The summed E-state index contributed by atoms with van der Waals surface area (Å²) in [7, 11) is 0. The monoisotopic (exact) mass is 333 g/mol. The van der Waals surface area contributed by atoms with Crippen LogP contribution >= 0.6 is 0 Å². The van der Waals surface area contributed by atoms with Gasteiger partial charge in [0.25, 0.3) is 0 Å². The lowest BCUT2D eigenvalue weighted by Crippen LogP contribution is -1.93. The van der Waals surface area contributed by atoms with Gasteiger partial charge in [-0.3, -0.25) is 0 Å². The zero-order chi connectivity index (χ0) is 17.5. The first-order chi connectivity index (χ1) is 12.8. The lowest BCUT2D eigenvalue weighted by molar-refractivity contribution is 1.18. The normalized spacial score (nSPS) is 11.3. The van der Waals surface area contributed by atoms with Crippen LogP contribution in [0.4, 0.5) is 0 Å². The van der Waals surface area contributed by atoms with Crippen LogP contribution in [0.2, 0.25) is 0 Å². The van der Waals surface area contributed by atoms with Gasteiger partial charge in [-0.25, -0.2) is 0 Å². The van der Waals surface area contributed by atoms with E-state index in [0.717, 1.165) is 0 Å². The summed E-state index contributed by atoms with van der Waals surface area (Å²) in [4.78, 5) is 0. The van der Waals surface area contributed by atoms with Gasteiger partial charge in [0.1, 0.15) is 0 Å². The molecule has 5 rings (SSSR count). The van der Waals surface area contributed by atoms with Crippen molar-refractivity contribution in [1.29, 1.82) is 0 Å². The number of benzene rings is 4. The van der Waals surface area contributed by atoms with Gasteiger partial charge < -0.3 is 4.57 Å². The van der Waals surface area contributed by atoms with E-state index in [-0.39, 0.29) is 0 Å². The molecule has 124 valence electrons. The Labute approximate surface area is 153 Å². The fourth-order valence-corrected chi connectivity index (χ4v) is 3.89. The molecular weight excluding hydrogens is 314 g/mol. The zero-order valence-electron chi connectivity index (χ0n) is 14.7. The van der Waals surface area contributed by atoms with Crippen LogP contribution in [0, 0.1) is 6.92 Å². The van der Waals surface area contributed by atoms with Gasteiger partial charge in [0.2, 0.25) is 0 Å². The molecule has 0 aliphatic heterocycles. The molecule has 0 aliphatic carbocycles. The van der Waals surface area contributed by atoms with Crippen LogP contribution in [0.5, 0.6) is 0 Å². The maximum Gasteiger partial charge on any atom is 0.0541 e. The van der Waals surface area contributed by atoms with Crippen LogP contribution in [0.15, 0.2) is 97.1 Å². The SMILES string of the molecule is Cc1ccccc1-c1ccc(-n2c3ccccc3c3ccccc32)cc1. The van der Waals surface area contributed by atoms with Crippen molar-refractivity contribution in [3.8, 4) is 16.8 Å². The molecule has 0 bridgehead atoms. The van der Waals surface area contributed by atoms with Crippen molar-refractivity contribution in [3.63, 3.8) is 0 Å². The number of hydrogen-bond acceptors (Lipinski definition) is 0. The molecule has 0 aliphatic rings. The standard InChI is InChI=1S/C25H19N/c1-18-8-2-3-9-21(18)19-14-16-20(17-15-19)26-24-12-6-4-10-22(24)23-11-5-7-13-25(23)26/h2-17H,1H3. The number of aryl methyl sites for hydroxylation is 1. The molecule has 0 saturated heterocycles. The number of rotatable bonds is 2. The van der Waals surface area contributed by atoms with E-state index in [0.29, 0.717) is 0 Å². The molecule has 1 nitrogen and oxygen atoms in total. The summed E-state index contributed by atoms with van der Waals surface area (Å²) in [6.45, 7) is 2.16. The van der Waals surface area contributed by atoms with Gasteiger partial charge in [-0.15, -0.1) is 0 Å². The van der Waals surface area contributed by atoms with E-state index >= 15 is 0 Å². The zero-order valence-corrected chi connectivity index (χ0v) is 14.7. The van der Waals surface area contributed by atoms with E-state index in [1.807, 2.05) is 0 Å². The van der Waals surface area contributed by atoms with Gasteiger partial charge in [0.05, 0.1) is 11.0 Å². The van der Waals surface area contributed by atoms with Crippen molar-refractivity contribution < 1.29 is 0 Å². The van der Waals surface area contributed by atoms with Gasteiger partial charge in [0, 0.05) is 16.5 Å². The third kappa shape index (κ3) is 2.25. The number of aromatic nitrogens is 1. The summed E-state index contributed by atoms with van der Waals surface area (Å²) in [5.41, 5.74) is 7.54. The minimum atomic E-state index is 1.19. The molecule has 1 heteroatoms. The van der Waals surface area contributed by atoms with E-state index in [2.05, 4.69) is 109 Å². The second kappa shape index (κ2) is 5.89. The topological polar surface area (TPSA) is 4.93 Å². The van der Waals surface area contributed by atoms with Crippen LogP contribution in [-0.2, 0) is 0 Å². The van der Waals surface area contributed by atoms with Crippen molar-refractivity contribution in [2.75, 3.05) is 0 Å². The molecular formula is C25H19N. The molecule has 0 unspecified atom stereocenters. The third-order valence-corrected chi connectivity index (χ3v) is 5.16. The van der Waals surface area contributed by atoms with Crippen LogP contribution in [0.1, 0.15) is 5.56 Å².